The number of rotatable bonds is 6. The van der Waals surface area contributed by atoms with Crippen LogP contribution in [0, 0.1) is 0 Å². The maximum Gasteiger partial charge on any atom is 0.329 e. The van der Waals surface area contributed by atoms with Crippen LogP contribution in [0.2, 0.25) is 0 Å². The molecule has 1 aliphatic carbocycles. The summed E-state index contributed by atoms with van der Waals surface area (Å²) in [6.07, 6.45) is 4.47. The molecule has 1 fully saturated rings. The minimum absolute atomic E-state index is 0.0218. The third-order valence-corrected chi connectivity index (χ3v) is 6.52. The van der Waals surface area contributed by atoms with Crippen molar-refractivity contribution in [3.05, 3.63) is 29.8 Å². The normalized spacial score (nSPS) is 17.5. The quantitative estimate of drug-likeness (QED) is 0.752. The van der Waals surface area contributed by atoms with E-state index in [0.29, 0.717) is 18.4 Å². The van der Waals surface area contributed by atoms with Gasteiger partial charge in [0.1, 0.15) is 5.54 Å². The Morgan fingerprint density at radius 3 is 2.12 bits per heavy atom. The van der Waals surface area contributed by atoms with Crippen LogP contribution in [0.4, 0.5) is 0 Å². The molecule has 0 bridgehead atoms. The monoisotopic (exact) mass is 367 g/mol. The second-order valence-corrected chi connectivity index (χ2v) is 8.85. The lowest BCUT2D eigenvalue weighted by molar-refractivity contribution is -0.148. The third-order valence-electron chi connectivity index (χ3n) is 4.77. The van der Waals surface area contributed by atoms with E-state index in [-0.39, 0.29) is 23.0 Å². The Morgan fingerprint density at radius 1 is 1.08 bits per heavy atom. The van der Waals surface area contributed by atoms with E-state index in [4.69, 9.17) is 0 Å². The summed E-state index contributed by atoms with van der Waals surface area (Å²) in [5, 5.41) is 12.3. The summed E-state index contributed by atoms with van der Waals surface area (Å²) in [5.41, 5.74) is -0.527. The van der Waals surface area contributed by atoms with Gasteiger partial charge in [-0.2, -0.15) is 0 Å². The van der Waals surface area contributed by atoms with Crippen LogP contribution in [0.5, 0.6) is 0 Å². The van der Waals surface area contributed by atoms with Crippen molar-refractivity contribution < 1.29 is 23.1 Å². The molecule has 0 spiro atoms. The predicted octanol–water partition coefficient (Wildman–Crippen LogP) is 2.32. The van der Waals surface area contributed by atoms with Gasteiger partial charge in [-0.05, 0) is 30.5 Å². The van der Waals surface area contributed by atoms with Gasteiger partial charge >= 0.3 is 5.97 Å². The standard InChI is InChI=1S/C18H25NO5S/c1-2-25(23,24)15-9-7-14(8-10-15)13-16(20)19-18(17(21)22)11-5-3-4-6-12-18/h7-10H,2-6,11-13H2,1H3,(H,19,20)(H,21,22). The summed E-state index contributed by atoms with van der Waals surface area (Å²) >= 11 is 0. The Kier molecular flexibility index (Phi) is 6.21. The number of benzene rings is 1. The van der Waals surface area contributed by atoms with Crippen molar-refractivity contribution in [1.29, 1.82) is 0 Å². The molecule has 1 aromatic rings. The first-order chi connectivity index (χ1) is 11.8. The summed E-state index contributed by atoms with van der Waals surface area (Å²) in [5.74, 6) is -1.31. The van der Waals surface area contributed by atoms with Gasteiger partial charge in [-0.3, -0.25) is 4.79 Å². The Bertz CT molecular complexity index is 716. The lowest BCUT2D eigenvalue weighted by Crippen LogP contribution is -2.54. The van der Waals surface area contributed by atoms with Crippen LogP contribution < -0.4 is 5.32 Å². The van der Waals surface area contributed by atoms with Gasteiger partial charge in [-0.15, -0.1) is 0 Å². The van der Waals surface area contributed by atoms with Crippen LogP contribution in [0.15, 0.2) is 29.2 Å². The van der Waals surface area contributed by atoms with Crippen molar-refractivity contribution in [3.8, 4) is 0 Å². The Hall–Kier alpha value is -1.89. The number of hydrogen-bond acceptors (Lipinski definition) is 4. The molecular formula is C18H25NO5S. The van der Waals surface area contributed by atoms with Crippen LogP contribution in [0.3, 0.4) is 0 Å². The molecule has 0 heterocycles. The average Bonchev–Trinajstić information content (AvgIpc) is 2.82. The molecule has 0 aromatic heterocycles. The van der Waals surface area contributed by atoms with E-state index >= 15 is 0 Å². The fourth-order valence-electron chi connectivity index (χ4n) is 3.20. The smallest absolute Gasteiger partial charge is 0.329 e. The van der Waals surface area contributed by atoms with E-state index in [1.54, 1.807) is 19.1 Å². The van der Waals surface area contributed by atoms with Crippen molar-refractivity contribution in [1.82, 2.24) is 5.32 Å². The first kappa shape index (κ1) is 19.4. The number of carbonyl (C=O) groups excluding carboxylic acids is 1. The van der Waals surface area contributed by atoms with Crippen molar-refractivity contribution in [2.24, 2.45) is 0 Å². The van der Waals surface area contributed by atoms with Gasteiger partial charge in [-0.1, -0.05) is 44.7 Å². The highest BCUT2D eigenvalue weighted by atomic mass is 32.2. The van der Waals surface area contributed by atoms with Gasteiger partial charge < -0.3 is 10.4 Å². The lowest BCUT2D eigenvalue weighted by atomic mass is 9.90. The van der Waals surface area contributed by atoms with Gasteiger partial charge in [-0.25, -0.2) is 13.2 Å². The molecule has 138 valence electrons. The number of sulfone groups is 1. The zero-order valence-electron chi connectivity index (χ0n) is 14.5. The summed E-state index contributed by atoms with van der Waals surface area (Å²) < 4.78 is 23.6. The Balaban J connectivity index is 2.07. The van der Waals surface area contributed by atoms with Crippen LogP contribution >= 0.6 is 0 Å². The van der Waals surface area contributed by atoms with Crippen molar-refractivity contribution in [2.45, 2.75) is 62.3 Å². The van der Waals surface area contributed by atoms with Crippen LogP contribution in [-0.2, 0) is 25.8 Å². The molecule has 6 nitrogen and oxygen atoms in total. The first-order valence-electron chi connectivity index (χ1n) is 8.65. The summed E-state index contributed by atoms with van der Waals surface area (Å²) in [6, 6.07) is 6.17. The minimum atomic E-state index is -3.27. The molecule has 1 amide bonds. The first-order valence-corrected chi connectivity index (χ1v) is 10.3. The van der Waals surface area contributed by atoms with Crippen molar-refractivity contribution in [2.75, 3.05) is 5.75 Å². The van der Waals surface area contributed by atoms with E-state index in [2.05, 4.69) is 5.32 Å². The summed E-state index contributed by atoms with van der Waals surface area (Å²) in [4.78, 5) is 24.3. The zero-order valence-corrected chi connectivity index (χ0v) is 15.3. The van der Waals surface area contributed by atoms with Crippen molar-refractivity contribution in [3.63, 3.8) is 0 Å². The Morgan fingerprint density at radius 2 is 1.64 bits per heavy atom. The topological polar surface area (TPSA) is 101 Å². The fourth-order valence-corrected chi connectivity index (χ4v) is 4.09. The molecule has 0 unspecified atom stereocenters. The molecule has 25 heavy (non-hydrogen) atoms. The zero-order chi connectivity index (χ0) is 18.5. The van der Waals surface area contributed by atoms with Gasteiger partial charge in [0.25, 0.3) is 0 Å². The highest BCUT2D eigenvalue weighted by molar-refractivity contribution is 7.91. The molecular weight excluding hydrogens is 342 g/mol. The number of carbonyl (C=O) groups is 2. The third kappa shape index (κ3) is 4.81. The number of nitrogens with one attached hydrogen (secondary N) is 1. The lowest BCUT2D eigenvalue weighted by Gasteiger charge is -2.29. The predicted molar refractivity (Wildman–Crippen MR) is 94.1 cm³/mol. The molecule has 0 atom stereocenters. The molecule has 0 saturated heterocycles. The summed E-state index contributed by atoms with van der Waals surface area (Å²) in [6.45, 7) is 1.58. The molecule has 0 aliphatic heterocycles. The number of carboxylic acids is 1. The SMILES string of the molecule is CCS(=O)(=O)c1ccc(CC(=O)NC2(C(=O)O)CCCCCC2)cc1. The molecule has 1 saturated carbocycles. The summed E-state index contributed by atoms with van der Waals surface area (Å²) in [7, 11) is -3.27. The molecule has 7 heteroatoms. The van der Waals surface area contributed by atoms with E-state index in [0.717, 1.165) is 25.7 Å². The molecule has 1 aliphatic rings. The van der Waals surface area contributed by atoms with E-state index in [1.807, 2.05) is 0 Å². The number of carboxylic acid groups (broad SMARTS) is 1. The van der Waals surface area contributed by atoms with Crippen molar-refractivity contribution >= 4 is 21.7 Å². The molecule has 2 N–H and O–H groups in total. The molecule has 2 rings (SSSR count). The van der Waals surface area contributed by atoms with E-state index in [9.17, 15) is 23.1 Å². The number of aliphatic carboxylic acids is 1. The van der Waals surface area contributed by atoms with Crippen LogP contribution in [0.25, 0.3) is 0 Å². The van der Waals surface area contributed by atoms with Crippen LogP contribution in [-0.4, -0.2) is 36.7 Å². The van der Waals surface area contributed by atoms with Gasteiger partial charge in [0.05, 0.1) is 17.1 Å². The maximum atomic E-state index is 12.3. The highest BCUT2D eigenvalue weighted by Gasteiger charge is 2.39. The molecule has 1 aromatic carbocycles. The van der Waals surface area contributed by atoms with Gasteiger partial charge in [0, 0.05) is 0 Å². The second-order valence-electron chi connectivity index (χ2n) is 6.57. The van der Waals surface area contributed by atoms with Gasteiger partial charge in [0.15, 0.2) is 9.84 Å². The maximum absolute atomic E-state index is 12.3. The van der Waals surface area contributed by atoms with E-state index in [1.165, 1.54) is 12.1 Å². The average molecular weight is 367 g/mol. The second kappa shape index (κ2) is 7.99. The molecule has 0 radical (unpaired) electrons. The number of amides is 1. The number of hydrogen-bond donors (Lipinski definition) is 2. The minimum Gasteiger partial charge on any atom is -0.480 e. The van der Waals surface area contributed by atoms with Gasteiger partial charge in [0.2, 0.25) is 5.91 Å². The van der Waals surface area contributed by atoms with E-state index < -0.39 is 21.3 Å². The fraction of sp³-hybridized carbons (Fsp3) is 0.556. The highest BCUT2D eigenvalue weighted by Crippen LogP contribution is 2.27. The van der Waals surface area contributed by atoms with Crippen LogP contribution in [0.1, 0.15) is 51.0 Å². The Labute approximate surface area is 148 Å². The largest absolute Gasteiger partial charge is 0.480 e.